The standard InChI is InChI=1S/C23H28N2O2/c26-22-5-1-3-20(15-22)18-10-13-25(14-11-18)23(27)19-8-6-17(7-9-19)21-4-2-12-24-16-21/h1,3,5-9,15,18,21,24,26H,2,4,10-14,16H2/t21-/m1/s1. The minimum atomic E-state index is 0.137. The summed E-state index contributed by atoms with van der Waals surface area (Å²) in [5.74, 6) is 1.44. The Balaban J connectivity index is 1.36. The van der Waals surface area contributed by atoms with E-state index in [4.69, 9.17) is 0 Å². The van der Waals surface area contributed by atoms with Crippen LogP contribution in [-0.4, -0.2) is 42.1 Å². The van der Waals surface area contributed by atoms with Gasteiger partial charge < -0.3 is 15.3 Å². The highest BCUT2D eigenvalue weighted by atomic mass is 16.3. The first-order valence-corrected chi connectivity index (χ1v) is 10.1. The molecule has 2 N–H and O–H groups in total. The summed E-state index contributed by atoms with van der Waals surface area (Å²) in [5.41, 5.74) is 3.30. The minimum Gasteiger partial charge on any atom is -0.508 e. The van der Waals surface area contributed by atoms with Gasteiger partial charge in [-0.05, 0) is 79.5 Å². The molecular formula is C23H28N2O2. The van der Waals surface area contributed by atoms with Crippen LogP contribution in [-0.2, 0) is 0 Å². The van der Waals surface area contributed by atoms with Gasteiger partial charge in [-0.25, -0.2) is 0 Å². The first-order chi connectivity index (χ1) is 13.2. The van der Waals surface area contributed by atoms with Crippen molar-refractivity contribution in [3.05, 3.63) is 65.2 Å². The van der Waals surface area contributed by atoms with E-state index in [-0.39, 0.29) is 5.91 Å². The Kier molecular flexibility index (Phi) is 5.44. The van der Waals surface area contributed by atoms with Gasteiger partial charge in [-0.15, -0.1) is 0 Å². The third kappa shape index (κ3) is 4.16. The van der Waals surface area contributed by atoms with E-state index < -0.39 is 0 Å². The molecule has 2 aromatic rings. The maximum atomic E-state index is 12.9. The largest absolute Gasteiger partial charge is 0.508 e. The highest BCUT2D eigenvalue weighted by molar-refractivity contribution is 5.94. The molecule has 0 unspecified atom stereocenters. The van der Waals surface area contributed by atoms with Crippen LogP contribution in [0.15, 0.2) is 48.5 Å². The molecule has 1 amide bonds. The highest BCUT2D eigenvalue weighted by Gasteiger charge is 2.25. The molecule has 4 rings (SSSR count). The third-order valence-electron chi connectivity index (χ3n) is 6.05. The first-order valence-electron chi connectivity index (χ1n) is 10.1. The Bertz CT molecular complexity index is 773. The van der Waals surface area contributed by atoms with Gasteiger partial charge in [-0.2, -0.15) is 0 Å². The van der Waals surface area contributed by atoms with E-state index in [2.05, 4.69) is 23.5 Å². The normalized spacial score (nSPS) is 21.2. The van der Waals surface area contributed by atoms with Crippen LogP contribution < -0.4 is 5.32 Å². The van der Waals surface area contributed by atoms with Gasteiger partial charge in [0.25, 0.3) is 5.91 Å². The zero-order valence-corrected chi connectivity index (χ0v) is 15.7. The predicted octanol–water partition coefficient (Wildman–Crippen LogP) is 3.88. The molecule has 27 heavy (non-hydrogen) atoms. The Hall–Kier alpha value is -2.33. The molecule has 0 spiro atoms. The Morgan fingerprint density at radius 2 is 1.74 bits per heavy atom. The minimum absolute atomic E-state index is 0.137. The van der Waals surface area contributed by atoms with E-state index in [0.29, 0.717) is 17.6 Å². The molecule has 2 saturated heterocycles. The van der Waals surface area contributed by atoms with Crippen molar-refractivity contribution in [3.63, 3.8) is 0 Å². The number of rotatable bonds is 3. The fourth-order valence-electron chi connectivity index (χ4n) is 4.41. The maximum absolute atomic E-state index is 12.9. The lowest BCUT2D eigenvalue weighted by Gasteiger charge is -2.32. The SMILES string of the molecule is O=C(c1ccc([C@@H]2CCCNC2)cc1)N1CCC(c2cccc(O)c2)CC1. The van der Waals surface area contributed by atoms with E-state index in [1.54, 1.807) is 6.07 Å². The molecule has 142 valence electrons. The number of amides is 1. The molecule has 0 bridgehead atoms. The Labute approximate surface area is 161 Å². The number of hydrogen-bond acceptors (Lipinski definition) is 3. The molecule has 1 atom stereocenters. The van der Waals surface area contributed by atoms with Crippen molar-refractivity contribution in [1.29, 1.82) is 0 Å². The lowest BCUT2D eigenvalue weighted by atomic mass is 9.89. The smallest absolute Gasteiger partial charge is 0.253 e. The molecular weight excluding hydrogens is 336 g/mol. The molecule has 4 nitrogen and oxygen atoms in total. The van der Waals surface area contributed by atoms with Gasteiger partial charge in [-0.3, -0.25) is 4.79 Å². The van der Waals surface area contributed by atoms with Gasteiger partial charge in [0.05, 0.1) is 0 Å². The number of aromatic hydroxyl groups is 1. The van der Waals surface area contributed by atoms with Crippen molar-refractivity contribution < 1.29 is 9.90 Å². The number of likely N-dealkylation sites (tertiary alicyclic amines) is 1. The van der Waals surface area contributed by atoms with Crippen LogP contribution in [0.2, 0.25) is 0 Å². The van der Waals surface area contributed by atoms with E-state index >= 15 is 0 Å². The fraction of sp³-hybridized carbons (Fsp3) is 0.435. The summed E-state index contributed by atoms with van der Waals surface area (Å²) < 4.78 is 0. The number of nitrogens with zero attached hydrogens (tertiary/aromatic N) is 1. The zero-order chi connectivity index (χ0) is 18.6. The Morgan fingerprint density at radius 1 is 0.963 bits per heavy atom. The molecule has 4 heteroatoms. The quantitative estimate of drug-likeness (QED) is 0.869. The highest BCUT2D eigenvalue weighted by Crippen LogP contribution is 2.30. The second kappa shape index (κ2) is 8.13. The van der Waals surface area contributed by atoms with Crippen molar-refractivity contribution in [1.82, 2.24) is 10.2 Å². The summed E-state index contributed by atoms with van der Waals surface area (Å²) >= 11 is 0. The van der Waals surface area contributed by atoms with Gasteiger partial charge >= 0.3 is 0 Å². The van der Waals surface area contributed by atoms with E-state index in [9.17, 15) is 9.90 Å². The first kappa shape index (κ1) is 18.1. The topological polar surface area (TPSA) is 52.6 Å². The second-order valence-electron chi connectivity index (χ2n) is 7.83. The number of phenolic OH excluding ortho intramolecular Hbond substituents is 1. The summed E-state index contributed by atoms with van der Waals surface area (Å²) in [7, 11) is 0. The third-order valence-corrected chi connectivity index (χ3v) is 6.05. The average molecular weight is 364 g/mol. The molecule has 2 heterocycles. The van der Waals surface area contributed by atoms with Crippen molar-refractivity contribution in [2.24, 2.45) is 0 Å². The summed E-state index contributed by atoms with van der Waals surface area (Å²) in [4.78, 5) is 14.8. The molecule has 2 aromatic carbocycles. The number of piperidine rings is 2. The van der Waals surface area contributed by atoms with Crippen LogP contribution in [0.25, 0.3) is 0 Å². The van der Waals surface area contributed by atoms with E-state index in [0.717, 1.165) is 44.6 Å². The maximum Gasteiger partial charge on any atom is 0.253 e. The fourth-order valence-corrected chi connectivity index (χ4v) is 4.41. The summed E-state index contributed by atoms with van der Waals surface area (Å²) in [6.45, 7) is 3.70. The van der Waals surface area contributed by atoms with Crippen LogP contribution in [0.4, 0.5) is 0 Å². The van der Waals surface area contributed by atoms with Crippen molar-refractivity contribution in [3.8, 4) is 5.75 Å². The molecule has 2 aliphatic heterocycles. The number of hydrogen-bond donors (Lipinski definition) is 2. The second-order valence-corrected chi connectivity index (χ2v) is 7.83. The van der Waals surface area contributed by atoms with Gasteiger partial charge in [0.1, 0.15) is 5.75 Å². The van der Waals surface area contributed by atoms with Crippen LogP contribution >= 0.6 is 0 Å². The van der Waals surface area contributed by atoms with Gasteiger partial charge in [-0.1, -0.05) is 24.3 Å². The lowest BCUT2D eigenvalue weighted by Crippen LogP contribution is -2.37. The summed E-state index contributed by atoms with van der Waals surface area (Å²) in [5, 5.41) is 13.1. The number of nitrogens with one attached hydrogen (secondary N) is 1. The molecule has 0 radical (unpaired) electrons. The number of benzene rings is 2. The summed E-state index contributed by atoms with van der Waals surface area (Å²) in [6, 6.07) is 15.8. The molecule has 0 saturated carbocycles. The summed E-state index contributed by atoms with van der Waals surface area (Å²) in [6.07, 6.45) is 4.34. The average Bonchev–Trinajstić information content (AvgIpc) is 2.74. The zero-order valence-electron chi connectivity index (χ0n) is 15.7. The van der Waals surface area contributed by atoms with Crippen LogP contribution in [0.1, 0.15) is 59.0 Å². The van der Waals surface area contributed by atoms with Crippen molar-refractivity contribution >= 4 is 5.91 Å². The van der Waals surface area contributed by atoms with Crippen molar-refractivity contribution in [2.75, 3.05) is 26.2 Å². The van der Waals surface area contributed by atoms with Crippen LogP contribution in [0.5, 0.6) is 5.75 Å². The molecule has 0 aliphatic carbocycles. The predicted molar refractivity (Wildman–Crippen MR) is 107 cm³/mol. The van der Waals surface area contributed by atoms with E-state index in [1.165, 1.54) is 24.0 Å². The molecule has 2 fully saturated rings. The number of carbonyl (C=O) groups is 1. The van der Waals surface area contributed by atoms with Gasteiger partial charge in [0.15, 0.2) is 0 Å². The van der Waals surface area contributed by atoms with Crippen LogP contribution in [0, 0.1) is 0 Å². The van der Waals surface area contributed by atoms with Gasteiger partial charge in [0, 0.05) is 25.2 Å². The van der Waals surface area contributed by atoms with Crippen molar-refractivity contribution in [2.45, 2.75) is 37.5 Å². The van der Waals surface area contributed by atoms with E-state index in [1.807, 2.05) is 29.2 Å². The lowest BCUT2D eigenvalue weighted by molar-refractivity contribution is 0.0713. The number of carbonyl (C=O) groups excluding carboxylic acids is 1. The molecule has 0 aromatic heterocycles. The van der Waals surface area contributed by atoms with Crippen LogP contribution in [0.3, 0.4) is 0 Å². The number of phenols is 1. The van der Waals surface area contributed by atoms with Gasteiger partial charge in [0.2, 0.25) is 0 Å². The monoisotopic (exact) mass is 364 g/mol. The molecule has 2 aliphatic rings. The Morgan fingerprint density at radius 3 is 2.41 bits per heavy atom.